The minimum atomic E-state index is -1.57. The first-order chi connectivity index (χ1) is 25.5. The van der Waals surface area contributed by atoms with Crippen molar-refractivity contribution in [1.82, 2.24) is 20.5 Å². The second kappa shape index (κ2) is 20.5. The first-order valence-corrected chi connectivity index (χ1v) is 17.1. The van der Waals surface area contributed by atoms with Crippen LogP contribution in [0, 0.1) is 0 Å². The minimum absolute atomic E-state index is 0.0899. The Morgan fingerprint density at radius 3 is 1.19 bits per heavy atom. The van der Waals surface area contributed by atoms with E-state index in [2.05, 4.69) is 5.32 Å². The van der Waals surface area contributed by atoms with E-state index in [4.69, 9.17) is 39.2 Å². The molecule has 0 saturated carbocycles. The number of carbonyl (C=O) groups excluding carboxylic acids is 10. The van der Waals surface area contributed by atoms with Gasteiger partial charge in [-0.3, -0.25) is 33.6 Å². The summed E-state index contributed by atoms with van der Waals surface area (Å²) < 4.78 is 22.6. The highest BCUT2D eigenvalue weighted by Crippen LogP contribution is 2.19. The molecule has 0 bridgehead atoms. The third kappa shape index (κ3) is 13.8. The third-order valence-corrected chi connectivity index (χ3v) is 7.92. The van der Waals surface area contributed by atoms with Crippen molar-refractivity contribution >= 4 is 59.3 Å². The van der Waals surface area contributed by atoms with Crippen molar-refractivity contribution in [3.05, 3.63) is 0 Å². The molecule has 0 atom stereocenters. The molecule has 3 N–H and O–H groups in total. The lowest BCUT2D eigenvalue weighted by Crippen LogP contribution is -2.59. The van der Waals surface area contributed by atoms with Crippen LogP contribution >= 0.6 is 0 Å². The summed E-state index contributed by atoms with van der Waals surface area (Å²) in [4.78, 5) is 136. The van der Waals surface area contributed by atoms with E-state index in [0.717, 1.165) is 0 Å². The maximum atomic E-state index is 13.3. The van der Waals surface area contributed by atoms with Crippen LogP contribution in [0.4, 0.5) is 0 Å². The lowest BCUT2D eigenvalue weighted by atomic mass is 9.99. The van der Waals surface area contributed by atoms with E-state index >= 15 is 0 Å². The molecular weight excluding hydrogens is 726 g/mol. The number of ether oxygens (including phenoxy) is 4. The van der Waals surface area contributed by atoms with Crippen LogP contribution in [0.3, 0.4) is 0 Å². The zero-order chi connectivity index (χ0) is 39.9. The predicted molar refractivity (Wildman–Crippen MR) is 172 cm³/mol. The molecule has 0 radical (unpaired) electrons. The first kappa shape index (κ1) is 43.5. The van der Waals surface area contributed by atoms with E-state index in [1.54, 1.807) is 13.8 Å². The normalized spacial score (nSPS) is 16.5. The van der Waals surface area contributed by atoms with Gasteiger partial charge in [0.1, 0.15) is 5.54 Å². The highest BCUT2D eigenvalue weighted by Gasteiger charge is 2.37. The van der Waals surface area contributed by atoms with Crippen LogP contribution in [0.2, 0.25) is 0 Å². The quantitative estimate of drug-likeness (QED) is 0.0633. The van der Waals surface area contributed by atoms with Crippen LogP contribution in [-0.4, -0.2) is 132 Å². The van der Waals surface area contributed by atoms with Gasteiger partial charge < -0.3 is 44.5 Å². The van der Waals surface area contributed by atoms with E-state index in [-0.39, 0.29) is 77.9 Å². The molecule has 0 aromatic rings. The molecule has 22 heteroatoms. The number of imide groups is 3. The lowest BCUT2D eigenvalue weighted by molar-refractivity contribution is -0.198. The Bertz CT molecular complexity index is 1280. The van der Waals surface area contributed by atoms with Crippen molar-refractivity contribution in [2.45, 2.75) is 95.6 Å². The highest BCUT2D eigenvalue weighted by molar-refractivity contribution is 6.02. The largest absolute Gasteiger partial charge is 0.378 e. The minimum Gasteiger partial charge on any atom is -0.378 e. The maximum absolute atomic E-state index is 13.3. The number of rotatable bonds is 24. The number of amides is 7. The molecule has 3 fully saturated rings. The summed E-state index contributed by atoms with van der Waals surface area (Å²) in [5, 5.41) is 3.92. The molecule has 0 aromatic heterocycles. The second-order valence-corrected chi connectivity index (χ2v) is 12.9. The topological polar surface area (TPSA) is 283 Å². The van der Waals surface area contributed by atoms with Crippen LogP contribution < -0.4 is 11.1 Å². The van der Waals surface area contributed by atoms with Crippen LogP contribution in [0.1, 0.15) is 84.5 Å². The number of nitrogens with zero attached hydrogens (tertiary/aromatic N) is 3. The van der Waals surface area contributed by atoms with Gasteiger partial charge in [0.05, 0.1) is 71.2 Å². The van der Waals surface area contributed by atoms with E-state index < -0.39 is 109 Å². The van der Waals surface area contributed by atoms with Crippen molar-refractivity contribution in [3.63, 3.8) is 0 Å². The second-order valence-electron chi connectivity index (χ2n) is 12.9. The van der Waals surface area contributed by atoms with Gasteiger partial charge in [0.2, 0.25) is 5.91 Å². The summed E-state index contributed by atoms with van der Waals surface area (Å²) in [5.74, 6) is -7.43. The number of hydrogen-bond acceptors (Lipinski definition) is 18. The van der Waals surface area contributed by atoms with Crippen LogP contribution in [0.15, 0.2) is 0 Å². The molecule has 3 aliphatic rings. The Hall–Kier alpha value is -4.90. The van der Waals surface area contributed by atoms with Crippen LogP contribution in [0.5, 0.6) is 0 Å². The molecule has 54 heavy (non-hydrogen) atoms. The van der Waals surface area contributed by atoms with Crippen molar-refractivity contribution in [2.24, 2.45) is 5.73 Å². The Labute approximate surface area is 308 Å². The Balaban J connectivity index is 1.68. The van der Waals surface area contributed by atoms with E-state index in [9.17, 15) is 47.9 Å². The van der Waals surface area contributed by atoms with E-state index in [1.165, 1.54) is 0 Å². The van der Waals surface area contributed by atoms with Crippen molar-refractivity contribution in [1.29, 1.82) is 0 Å². The van der Waals surface area contributed by atoms with Gasteiger partial charge in [-0.05, 0) is 20.3 Å². The van der Waals surface area contributed by atoms with Crippen molar-refractivity contribution < 1.29 is 81.4 Å². The maximum Gasteiger partial charge on any atom is 0.335 e. The van der Waals surface area contributed by atoms with Gasteiger partial charge in [0, 0.05) is 44.9 Å². The molecule has 300 valence electrons. The van der Waals surface area contributed by atoms with Crippen molar-refractivity contribution in [2.75, 3.05) is 46.4 Å². The van der Waals surface area contributed by atoms with Gasteiger partial charge in [-0.2, -0.15) is 0 Å². The molecule has 0 aliphatic carbocycles. The average molecular weight is 772 g/mol. The van der Waals surface area contributed by atoms with E-state index in [1.807, 2.05) is 0 Å². The van der Waals surface area contributed by atoms with Gasteiger partial charge in [0.15, 0.2) is 0 Å². The van der Waals surface area contributed by atoms with Gasteiger partial charge in [0.25, 0.3) is 35.4 Å². The molecule has 0 spiro atoms. The summed E-state index contributed by atoms with van der Waals surface area (Å²) in [5.41, 5.74) is 3.13. The van der Waals surface area contributed by atoms with Gasteiger partial charge in [-0.25, -0.2) is 14.4 Å². The predicted octanol–water partition coefficient (Wildman–Crippen LogP) is -1.63. The number of hydroxylamine groups is 6. The van der Waals surface area contributed by atoms with Gasteiger partial charge >= 0.3 is 17.9 Å². The molecule has 0 unspecified atom stereocenters. The number of nitrogens with two attached hydrogens (primary N) is 1. The number of hydrogen-bond donors (Lipinski definition) is 2. The summed E-state index contributed by atoms with van der Waals surface area (Å²) in [6.07, 6.45) is -1.73. The standard InChI is InChI=1S/C32H45N5O17/c1-31(2,51-20-33)13-9-21(38)34-32(17-48-14-10-28(45)52-35-22(39)3-4-23(35)40,18-49-15-11-29(46)53-36-24(41)5-6-25(36)42)19-50-16-12-30(47)54-37-26(43)7-8-27(37)44/h3-20,33H2,1-2H3,(H,34,38). The molecule has 3 rings (SSSR count). The van der Waals surface area contributed by atoms with Gasteiger partial charge in [-0.15, -0.1) is 15.2 Å². The fraction of sp³-hybridized carbons (Fsp3) is 0.688. The first-order valence-electron chi connectivity index (χ1n) is 17.1. The molecular formula is C32H45N5O17. The van der Waals surface area contributed by atoms with Crippen molar-refractivity contribution in [3.8, 4) is 0 Å². The molecule has 22 nitrogen and oxygen atoms in total. The number of carbonyl (C=O) groups is 10. The summed E-state index contributed by atoms with van der Waals surface area (Å²) in [7, 11) is 0. The molecule has 0 aromatic carbocycles. The average Bonchev–Trinajstić information content (AvgIpc) is 3.73. The summed E-state index contributed by atoms with van der Waals surface area (Å²) in [6.45, 7) is 1.14. The third-order valence-electron chi connectivity index (χ3n) is 7.92. The van der Waals surface area contributed by atoms with Crippen LogP contribution in [-0.2, 0) is 81.4 Å². The number of nitrogens with one attached hydrogen (secondary N) is 1. The van der Waals surface area contributed by atoms with Gasteiger partial charge in [-0.1, -0.05) is 0 Å². The lowest BCUT2D eigenvalue weighted by Gasteiger charge is -2.35. The Kier molecular flexibility index (Phi) is 16.5. The fourth-order valence-corrected chi connectivity index (χ4v) is 4.99. The molecule has 3 heterocycles. The monoisotopic (exact) mass is 771 g/mol. The Morgan fingerprint density at radius 2 is 0.889 bits per heavy atom. The fourth-order valence-electron chi connectivity index (χ4n) is 4.99. The smallest absolute Gasteiger partial charge is 0.335 e. The SMILES string of the molecule is CC(C)(CCC(=O)NC(COCCC(=O)ON1C(=O)CCC1=O)(COCCC(=O)ON1C(=O)CCC1=O)COCCC(=O)ON1C(=O)CCC1=O)OCN. The van der Waals surface area contributed by atoms with E-state index in [0.29, 0.717) is 15.2 Å². The molecule has 3 aliphatic heterocycles. The zero-order valence-electron chi connectivity index (χ0n) is 30.1. The summed E-state index contributed by atoms with van der Waals surface area (Å²) >= 11 is 0. The summed E-state index contributed by atoms with van der Waals surface area (Å²) in [6, 6.07) is 0. The highest BCUT2D eigenvalue weighted by atomic mass is 16.7. The zero-order valence-corrected chi connectivity index (χ0v) is 30.1. The molecule has 7 amide bonds. The van der Waals surface area contributed by atoms with Crippen LogP contribution in [0.25, 0.3) is 0 Å². The Morgan fingerprint density at radius 1 is 0.574 bits per heavy atom. The molecule has 3 saturated heterocycles.